The third kappa shape index (κ3) is 3.93. The minimum Gasteiger partial charge on any atom is -0.483 e. The minimum absolute atomic E-state index is 0.138. The zero-order chi connectivity index (χ0) is 15.2. The van der Waals surface area contributed by atoms with Gasteiger partial charge in [0.2, 0.25) is 0 Å². The Morgan fingerprint density at radius 3 is 2.76 bits per heavy atom. The molecule has 110 valence electrons. The van der Waals surface area contributed by atoms with E-state index in [1.165, 1.54) is 12.1 Å². The van der Waals surface area contributed by atoms with Crippen LogP contribution in [0.2, 0.25) is 0 Å². The number of rotatable bonds is 5. The average Bonchev–Trinajstić information content (AvgIpc) is 2.48. The molecule has 0 atom stereocenters. The van der Waals surface area contributed by atoms with Crippen molar-refractivity contribution in [2.45, 2.75) is 6.61 Å². The first-order valence-corrected chi connectivity index (χ1v) is 6.26. The van der Waals surface area contributed by atoms with Crippen molar-refractivity contribution in [3.05, 3.63) is 53.8 Å². The second-order valence-electron chi connectivity index (χ2n) is 4.33. The van der Waals surface area contributed by atoms with Gasteiger partial charge in [-0.1, -0.05) is 18.2 Å². The Balaban J connectivity index is 1.96. The Morgan fingerprint density at radius 2 is 2.05 bits per heavy atom. The van der Waals surface area contributed by atoms with E-state index in [1.54, 1.807) is 24.3 Å². The third-order valence-electron chi connectivity index (χ3n) is 2.79. The molecule has 0 fully saturated rings. The molecule has 4 N–H and O–H groups in total. The first-order valence-electron chi connectivity index (χ1n) is 6.26. The van der Waals surface area contributed by atoms with Gasteiger partial charge >= 0.3 is 0 Å². The standard InChI is InChI=1S/C15H15FN2O3/c16-11-5-6-13(12(17)7-11)18-15(20)9-21-14-4-2-1-3-10(14)8-19/h1-7,19H,8-9,17H2,(H,18,20). The predicted octanol–water partition coefficient (Wildman–Crippen LogP) is 1.92. The number of para-hydroxylation sites is 1. The predicted molar refractivity (Wildman–Crippen MR) is 77.3 cm³/mol. The summed E-state index contributed by atoms with van der Waals surface area (Å²) in [5.74, 6) is -0.470. The van der Waals surface area contributed by atoms with E-state index < -0.39 is 11.7 Å². The molecule has 0 heterocycles. The molecule has 0 aliphatic rings. The number of hydrogen-bond acceptors (Lipinski definition) is 4. The van der Waals surface area contributed by atoms with E-state index in [0.29, 0.717) is 17.0 Å². The van der Waals surface area contributed by atoms with Crippen LogP contribution in [0.15, 0.2) is 42.5 Å². The van der Waals surface area contributed by atoms with E-state index in [9.17, 15) is 9.18 Å². The number of anilines is 2. The Bertz CT molecular complexity index is 647. The van der Waals surface area contributed by atoms with Gasteiger partial charge < -0.3 is 20.9 Å². The first-order chi connectivity index (χ1) is 10.1. The molecule has 0 radical (unpaired) electrons. The average molecular weight is 290 g/mol. The van der Waals surface area contributed by atoms with Gasteiger partial charge in [0.05, 0.1) is 18.0 Å². The fourth-order valence-electron chi connectivity index (χ4n) is 1.75. The molecule has 2 aromatic carbocycles. The lowest BCUT2D eigenvalue weighted by molar-refractivity contribution is -0.118. The summed E-state index contributed by atoms with van der Waals surface area (Å²) in [6.07, 6.45) is 0. The van der Waals surface area contributed by atoms with Crippen molar-refractivity contribution in [3.63, 3.8) is 0 Å². The number of ether oxygens (including phenoxy) is 1. The normalized spacial score (nSPS) is 10.2. The maximum Gasteiger partial charge on any atom is 0.262 e. The molecule has 6 heteroatoms. The van der Waals surface area contributed by atoms with Gasteiger partial charge in [-0.05, 0) is 24.3 Å². The zero-order valence-electron chi connectivity index (χ0n) is 11.2. The lowest BCUT2D eigenvalue weighted by Gasteiger charge is -2.11. The molecule has 1 amide bonds. The zero-order valence-corrected chi connectivity index (χ0v) is 11.2. The number of carbonyl (C=O) groups is 1. The van der Waals surface area contributed by atoms with Crippen LogP contribution in [0.3, 0.4) is 0 Å². The van der Waals surface area contributed by atoms with Crippen LogP contribution in [0, 0.1) is 5.82 Å². The van der Waals surface area contributed by atoms with Crippen molar-refractivity contribution in [1.82, 2.24) is 0 Å². The monoisotopic (exact) mass is 290 g/mol. The van der Waals surface area contributed by atoms with Gasteiger partial charge in [-0.3, -0.25) is 4.79 Å². The van der Waals surface area contributed by atoms with E-state index in [1.807, 2.05) is 0 Å². The van der Waals surface area contributed by atoms with Crippen LogP contribution < -0.4 is 15.8 Å². The maximum atomic E-state index is 12.9. The Labute approximate surface area is 121 Å². The molecular formula is C15H15FN2O3. The molecular weight excluding hydrogens is 275 g/mol. The summed E-state index contributed by atoms with van der Waals surface area (Å²) < 4.78 is 18.2. The van der Waals surface area contributed by atoms with E-state index in [-0.39, 0.29) is 18.9 Å². The van der Waals surface area contributed by atoms with Crippen LogP contribution in [-0.4, -0.2) is 17.6 Å². The fourth-order valence-corrected chi connectivity index (χ4v) is 1.75. The maximum absolute atomic E-state index is 12.9. The molecule has 0 aromatic heterocycles. The Hall–Kier alpha value is -2.60. The molecule has 0 aliphatic heterocycles. The summed E-state index contributed by atoms with van der Waals surface area (Å²) >= 11 is 0. The minimum atomic E-state index is -0.473. The van der Waals surface area contributed by atoms with Crippen molar-refractivity contribution in [3.8, 4) is 5.75 Å². The number of nitrogens with one attached hydrogen (secondary N) is 1. The molecule has 0 spiro atoms. The number of nitrogen functional groups attached to an aromatic ring is 1. The quantitative estimate of drug-likeness (QED) is 0.734. The summed E-state index contributed by atoms with van der Waals surface area (Å²) in [6.45, 7) is -0.420. The number of hydrogen-bond donors (Lipinski definition) is 3. The van der Waals surface area contributed by atoms with Gasteiger partial charge in [0.1, 0.15) is 11.6 Å². The number of aliphatic hydroxyl groups excluding tert-OH is 1. The van der Waals surface area contributed by atoms with Gasteiger partial charge in [-0.15, -0.1) is 0 Å². The fraction of sp³-hybridized carbons (Fsp3) is 0.133. The summed E-state index contributed by atoms with van der Waals surface area (Å²) in [4.78, 5) is 11.8. The molecule has 0 aliphatic carbocycles. The van der Waals surface area contributed by atoms with Gasteiger partial charge in [-0.25, -0.2) is 4.39 Å². The highest BCUT2D eigenvalue weighted by Gasteiger charge is 2.08. The van der Waals surface area contributed by atoms with Crippen molar-refractivity contribution in [2.24, 2.45) is 0 Å². The second-order valence-corrected chi connectivity index (χ2v) is 4.33. The number of carbonyl (C=O) groups excluding carboxylic acids is 1. The number of amides is 1. The smallest absolute Gasteiger partial charge is 0.262 e. The van der Waals surface area contributed by atoms with Crippen LogP contribution >= 0.6 is 0 Å². The van der Waals surface area contributed by atoms with Gasteiger partial charge in [0.25, 0.3) is 5.91 Å². The molecule has 2 aromatic rings. The largest absolute Gasteiger partial charge is 0.483 e. The molecule has 5 nitrogen and oxygen atoms in total. The van der Waals surface area contributed by atoms with Crippen LogP contribution in [-0.2, 0) is 11.4 Å². The SMILES string of the molecule is Nc1cc(F)ccc1NC(=O)COc1ccccc1CO. The lowest BCUT2D eigenvalue weighted by atomic mass is 10.2. The molecule has 0 unspecified atom stereocenters. The summed E-state index contributed by atoms with van der Waals surface area (Å²) in [7, 11) is 0. The highest BCUT2D eigenvalue weighted by Crippen LogP contribution is 2.20. The van der Waals surface area contributed by atoms with Crippen molar-refractivity contribution < 1.29 is 19.0 Å². The van der Waals surface area contributed by atoms with Crippen molar-refractivity contribution in [1.29, 1.82) is 0 Å². The molecule has 0 saturated carbocycles. The topological polar surface area (TPSA) is 84.6 Å². The van der Waals surface area contributed by atoms with Gasteiger partial charge in [0, 0.05) is 5.56 Å². The molecule has 0 saturated heterocycles. The van der Waals surface area contributed by atoms with E-state index >= 15 is 0 Å². The number of nitrogens with two attached hydrogens (primary N) is 1. The highest BCUT2D eigenvalue weighted by molar-refractivity contribution is 5.94. The van der Waals surface area contributed by atoms with E-state index in [0.717, 1.165) is 6.07 Å². The van der Waals surface area contributed by atoms with Crippen LogP contribution in [0.5, 0.6) is 5.75 Å². The van der Waals surface area contributed by atoms with Crippen molar-refractivity contribution in [2.75, 3.05) is 17.7 Å². The van der Waals surface area contributed by atoms with E-state index in [2.05, 4.69) is 5.32 Å². The summed E-state index contributed by atoms with van der Waals surface area (Å²) in [5, 5.41) is 11.7. The molecule has 0 bridgehead atoms. The molecule has 21 heavy (non-hydrogen) atoms. The number of halogens is 1. The number of benzene rings is 2. The first kappa shape index (κ1) is 14.8. The lowest BCUT2D eigenvalue weighted by Crippen LogP contribution is -2.21. The molecule has 2 rings (SSSR count). The van der Waals surface area contributed by atoms with Crippen molar-refractivity contribution >= 4 is 17.3 Å². The third-order valence-corrected chi connectivity index (χ3v) is 2.79. The second kappa shape index (κ2) is 6.71. The number of aliphatic hydroxyl groups is 1. The van der Waals surface area contributed by atoms with Crippen LogP contribution in [0.1, 0.15) is 5.56 Å². The van der Waals surface area contributed by atoms with Crippen LogP contribution in [0.4, 0.5) is 15.8 Å². The Kier molecular flexibility index (Phi) is 4.73. The Morgan fingerprint density at radius 1 is 1.29 bits per heavy atom. The van der Waals surface area contributed by atoms with E-state index in [4.69, 9.17) is 15.6 Å². The van der Waals surface area contributed by atoms with Crippen LogP contribution in [0.25, 0.3) is 0 Å². The van der Waals surface area contributed by atoms with Gasteiger partial charge in [0.15, 0.2) is 6.61 Å². The highest BCUT2D eigenvalue weighted by atomic mass is 19.1. The summed E-state index contributed by atoms with van der Waals surface area (Å²) in [5.41, 5.74) is 6.64. The summed E-state index contributed by atoms with van der Waals surface area (Å²) in [6, 6.07) is 10.6. The van der Waals surface area contributed by atoms with Gasteiger partial charge in [-0.2, -0.15) is 0 Å².